The fraction of sp³-hybridized carbons (Fsp3) is 0.625. The molecule has 2 aliphatic rings. The molecule has 8 heteroatoms. The van der Waals surface area contributed by atoms with Crippen molar-refractivity contribution < 1.29 is 4.79 Å². The molecule has 1 N–H and O–H groups in total. The van der Waals surface area contributed by atoms with Crippen LogP contribution < -0.4 is 10.9 Å². The zero-order chi connectivity index (χ0) is 17.5. The minimum atomic E-state index is -1.62. The molecule has 3 atom stereocenters. The second-order valence-electron chi connectivity index (χ2n) is 6.52. The quantitative estimate of drug-likeness (QED) is 0.804. The Morgan fingerprint density at radius 3 is 2.75 bits per heavy atom. The van der Waals surface area contributed by atoms with Crippen LogP contribution >= 0.6 is 34.8 Å². The van der Waals surface area contributed by atoms with Gasteiger partial charge in [0.15, 0.2) is 0 Å². The van der Waals surface area contributed by atoms with Gasteiger partial charge >= 0.3 is 0 Å². The molecule has 0 spiro atoms. The van der Waals surface area contributed by atoms with E-state index in [9.17, 15) is 9.59 Å². The third-order valence-electron chi connectivity index (χ3n) is 4.80. The van der Waals surface area contributed by atoms with Crippen molar-refractivity contribution in [3.05, 3.63) is 34.2 Å². The summed E-state index contributed by atoms with van der Waals surface area (Å²) in [5.41, 5.74) is 1.06. The fourth-order valence-electron chi connectivity index (χ4n) is 3.78. The predicted molar refractivity (Wildman–Crippen MR) is 95.6 cm³/mol. The highest BCUT2D eigenvalue weighted by Crippen LogP contribution is 2.39. The van der Waals surface area contributed by atoms with E-state index in [0.29, 0.717) is 32.0 Å². The lowest BCUT2D eigenvalue weighted by molar-refractivity contribution is -0.123. The molecular formula is C16H20Cl3N3O2. The van der Waals surface area contributed by atoms with Gasteiger partial charge in [0.1, 0.15) is 6.17 Å². The number of aromatic nitrogens is 1. The first-order valence-corrected chi connectivity index (χ1v) is 9.23. The minimum absolute atomic E-state index is 0.0351. The summed E-state index contributed by atoms with van der Waals surface area (Å²) in [5, 5.41) is 2.82. The van der Waals surface area contributed by atoms with Crippen molar-refractivity contribution in [2.45, 2.75) is 42.2 Å². The zero-order valence-corrected chi connectivity index (χ0v) is 15.6. The first-order chi connectivity index (χ1) is 11.3. The van der Waals surface area contributed by atoms with Gasteiger partial charge in [0.25, 0.3) is 5.56 Å². The van der Waals surface area contributed by atoms with E-state index in [2.05, 4.69) is 5.32 Å². The lowest BCUT2D eigenvalue weighted by atomic mass is 9.83. The van der Waals surface area contributed by atoms with Gasteiger partial charge in [0, 0.05) is 43.7 Å². The third kappa shape index (κ3) is 3.59. The Balaban J connectivity index is 1.87. The van der Waals surface area contributed by atoms with E-state index in [1.54, 1.807) is 19.1 Å². The summed E-state index contributed by atoms with van der Waals surface area (Å²) >= 11 is 18.4. The Hall–Kier alpha value is -0.750. The molecule has 5 nitrogen and oxygen atoms in total. The molecule has 0 radical (unpaired) electrons. The number of likely N-dealkylation sites (tertiary alicyclic amines) is 1. The minimum Gasteiger partial charge on any atom is -0.337 e. The summed E-state index contributed by atoms with van der Waals surface area (Å²) in [5.74, 6) is 0.336. The molecule has 1 amide bonds. The highest BCUT2D eigenvalue weighted by Gasteiger charge is 2.43. The van der Waals surface area contributed by atoms with Gasteiger partial charge in [-0.1, -0.05) is 47.8 Å². The number of alkyl halides is 3. The molecule has 1 saturated heterocycles. The van der Waals surface area contributed by atoms with Crippen LogP contribution in [0.1, 0.15) is 31.4 Å². The maximum absolute atomic E-state index is 12.1. The van der Waals surface area contributed by atoms with Gasteiger partial charge in [-0.05, 0) is 18.4 Å². The van der Waals surface area contributed by atoms with Gasteiger partial charge in [-0.3, -0.25) is 14.5 Å². The van der Waals surface area contributed by atoms with Crippen molar-refractivity contribution in [2.75, 3.05) is 13.1 Å². The van der Waals surface area contributed by atoms with Crippen LogP contribution in [-0.4, -0.2) is 38.4 Å². The maximum Gasteiger partial charge on any atom is 0.250 e. The average molecular weight is 393 g/mol. The van der Waals surface area contributed by atoms with Crippen molar-refractivity contribution in [3.63, 3.8) is 0 Å². The lowest BCUT2D eigenvalue weighted by Gasteiger charge is -2.47. The molecule has 2 bridgehead atoms. The van der Waals surface area contributed by atoms with E-state index < -0.39 is 9.96 Å². The summed E-state index contributed by atoms with van der Waals surface area (Å²) in [6, 6.07) is 5.37. The monoisotopic (exact) mass is 391 g/mol. The summed E-state index contributed by atoms with van der Waals surface area (Å²) in [6.07, 6.45) is 0.659. The number of hydrogen-bond donors (Lipinski definition) is 1. The van der Waals surface area contributed by atoms with E-state index >= 15 is 0 Å². The fourth-order valence-corrected chi connectivity index (χ4v) is 4.36. The van der Waals surface area contributed by atoms with E-state index in [4.69, 9.17) is 34.8 Å². The van der Waals surface area contributed by atoms with Crippen molar-refractivity contribution >= 4 is 40.7 Å². The second-order valence-corrected chi connectivity index (χ2v) is 8.89. The van der Waals surface area contributed by atoms with Gasteiger partial charge in [-0.2, -0.15) is 0 Å². The van der Waals surface area contributed by atoms with Crippen LogP contribution in [0.25, 0.3) is 0 Å². The number of carbonyl (C=O) groups is 1. The highest BCUT2D eigenvalue weighted by molar-refractivity contribution is 6.68. The van der Waals surface area contributed by atoms with E-state index in [-0.39, 0.29) is 17.4 Å². The van der Waals surface area contributed by atoms with Gasteiger partial charge in [-0.15, -0.1) is 0 Å². The van der Waals surface area contributed by atoms with Crippen LogP contribution in [0.2, 0.25) is 0 Å². The first-order valence-electron chi connectivity index (χ1n) is 8.09. The average Bonchev–Trinajstić information content (AvgIpc) is 2.52. The highest BCUT2D eigenvalue weighted by atomic mass is 35.6. The summed E-state index contributed by atoms with van der Waals surface area (Å²) < 4.78 is 0.234. The SMILES string of the molecule is CCC(=O)NC(N1C[C@H]2C[C@H](C1)c1cccc(=O)n1C2)C(Cl)(Cl)Cl. The van der Waals surface area contributed by atoms with Gasteiger partial charge in [-0.25, -0.2) is 0 Å². The molecule has 24 heavy (non-hydrogen) atoms. The van der Waals surface area contributed by atoms with Gasteiger partial charge in [0.2, 0.25) is 9.70 Å². The van der Waals surface area contributed by atoms with Crippen molar-refractivity contribution in [2.24, 2.45) is 5.92 Å². The van der Waals surface area contributed by atoms with Crippen LogP contribution in [0.3, 0.4) is 0 Å². The molecule has 1 aromatic heterocycles. The predicted octanol–water partition coefficient (Wildman–Crippen LogP) is 2.49. The van der Waals surface area contributed by atoms with Crippen LogP contribution in [0, 0.1) is 5.92 Å². The summed E-state index contributed by atoms with van der Waals surface area (Å²) in [4.78, 5) is 26.0. The Morgan fingerprint density at radius 1 is 1.33 bits per heavy atom. The normalized spacial score (nSPS) is 25.0. The number of halogens is 3. The number of fused-ring (bicyclic) bond motifs is 4. The lowest BCUT2D eigenvalue weighted by Crippen LogP contribution is -2.60. The number of rotatable bonds is 3. The standard InChI is InChI=1S/C16H20Cl3N3O2/c1-2-13(23)20-15(16(17,18)19)21-7-10-6-11(9-21)12-4-3-5-14(24)22(12)8-10/h3-5,10-11,15H,2,6-9H2,1H3,(H,20,23)/t10-,11-,15?/m1/s1. The van der Waals surface area contributed by atoms with Crippen molar-refractivity contribution in [1.29, 1.82) is 0 Å². The van der Waals surface area contributed by atoms with Gasteiger partial charge in [0.05, 0.1) is 0 Å². The number of nitrogens with one attached hydrogen (secondary N) is 1. The van der Waals surface area contributed by atoms with E-state index in [1.165, 1.54) is 0 Å². The van der Waals surface area contributed by atoms with Crippen LogP contribution in [0.15, 0.2) is 23.0 Å². The Kier molecular flexibility index (Phi) is 5.17. The topological polar surface area (TPSA) is 54.3 Å². The molecule has 3 heterocycles. The van der Waals surface area contributed by atoms with Crippen LogP contribution in [0.5, 0.6) is 0 Å². The molecule has 2 aliphatic heterocycles. The number of pyridine rings is 1. The van der Waals surface area contributed by atoms with Crippen LogP contribution in [-0.2, 0) is 11.3 Å². The largest absolute Gasteiger partial charge is 0.337 e. The molecular weight excluding hydrogens is 373 g/mol. The Morgan fingerprint density at radius 2 is 2.08 bits per heavy atom. The summed E-state index contributed by atoms with van der Waals surface area (Å²) in [7, 11) is 0. The van der Waals surface area contributed by atoms with E-state index in [1.807, 2.05) is 15.5 Å². The number of piperidine rings is 1. The molecule has 0 saturated carbocycles. The third-order valence-corrected chi connectivity index (χ3v) is 5.42. The van der Waals surface area contributed by atoms with Crippen LogP contribution in [0.4, 0.5) is 0 Å². The Bertz CT molecular complexity index is 686. The molecule has 3 rings (SSSR count). The van der Waals surface area contributed by atoms with Crippen molar-refractivity contribution in [1.82, 2.24) is 14.8 Å². The molecule has 0 aliphatic carbocycles. The number of hydrogen-bond acceptors (Lipinski definition) is 3. The summed E-state index contributed by atoms with van der Waals surface area (Å²) in [6.45, 7) is 3.75. The zero-order valence-electron chi connectivity index (χ0n) is 13.3. The van der Waals surface area contributed by atoms with E-state index in [0.717, 1.165) is 12.1 Å². The maximum atomic E-state index is 12.1. The molecule has 132 valence electrons. The molecule has 1 fully saturated rings. The number of nitrogens with zero attached hydrogens (tertiary/aromatic N) is 2. The second kappa shape index (κ2) is 6.87. The molecule has 0 aromatic carbocycles. The number of amides is 1. The number of carbonyl (C=O) groups excluding carboxylic acids is 1. The van der Waals surface area contributed by atoms with Crippen molar-refractivity contribution in [3.8, 4) is 0 Å². The van der Waals surface area contributed by atoms with Gasteiger partial charge < -0.3 is 9.88 Å². The molecule has 1 aromatic rings. The Labute approximate surface area is 155 Å². The molecule has 1 unspecified atom stereocenters. The smallest absolute Gasteiger partial charge is 0.250 e. The first kappa shape index (κ1) is 18.1.